The van der Waals surface area contributed by atoms with Crippen molar-refractivity contribution in [2.45, 2.75) is 136 Å². The standard InChI is InChI=1S/2C29H31N5O3.C27H28F2N6O2.C27H30N6O2/c1-19-26(23-14-15-33(2)25(35)17-23)32-34(24-10-5-4-6-11-24)28(19)31-29(36)30-27(21-12-13-21)22-9-7-8-20(16-22)18-37-3;1-19-26(23-14-15-25(35)33(2)17-23)32-34(24-10-5-4-6-11-24)28(19)31-29(36)30-27(21-12-13-21)22-9-7-8-20(16-22)18-37-3;1-17-24(20-14-31-34(2)15-20)33-35(21-7-5-4-6-8-21)25(17)32-26(36)30-13-19-11-18(16-37-3)9-10-22(19)23-12-27(23,28)29;1-18-24(22-15-28-32(2)16-22)31-33(23-10-5-4-6-11-23)26(18)30-27(34)29-25(20-12-13-20)21-9-7-8-19(14-21)17-35-3/h2*4-11,14-17,21,27H,12-13,18H2,1-3H3,(H2,30,31,36);4-11,14-15,23H,12-13,16H2,1-3H3,(H2,30,32,36);4-11,14-16,20,25H,12-13,17H2,1-3H3,(H2,29,30,34). The number of pyridine rings is 2. The number of aryl methyl sites for hydroxylation is 4. The molecule has 8 N–H and O–H groups in total. The van der Waals surface area contributed by atoms with Gasteiger partial charge in [0.05, 0.1) is 97.0 Å². The summed E-state index contributed by atoms with van der Waals surface area (Å²) in [6.45, 7) is 9.73. The summed E-state index contributed by atoms with van der Waals surface area (Å²) in [5.74, 6) is -0.0129. The van der Waals surface area contributed by atoms with Crippen LogP contribution in [0.4, 0.5) is 51.2 Å². The molecule has 4 atom stereocenters. The van der Waals surface area contributed by atoms with E-state index in [4.69, 9.17) is 39.3 Å². The van der Waals surface area contributed by atoms with Crippen molar-refractivity contribution < 1.29 is 46.9 Å². The van der Waals surface area contributed by atoms with E-state index in [-0.39, 0.29) is 60.3 Å². The molecule has 0 saturated heterocycles. The summed E-state index contributed by atoms with van der Waals surface area (Å²) < 4.78 is 62.1. The minimum absolute atomic E-state index is 0.0574. The smallest absolute Gasteiger partial charge is 0.320 e. The van der Waals surface area contributed by atoms with Crippen LogP contribution in [0, 0.1) is 45.4 Å². The predicted molar refractivity (Wildman–Crippen MR) is 559 cm³/mol. The van der Waals surface area contributed by atoms with Gasteiger partial charge in [-0.05, 0) is 195 Å². The minimum atomic E-state index is -2.71. The molecule has 0 bridgehead atoms. The van der Waals surface area contributed by atoms with Crippen molar-refractivity contribution in [1.29, 1.82) is 0 Å². The second kappa shape index (κ2) is 45.5. The number of hydrogen-bond acceptors (Lipinski definition) is 16. The number of anilines is 4. The second-order valence-electron chi connectivity index (χ2n) is 37.4. The molecule has 0 radical (unpaired) electrons. The number of benzene rings is 8. The van der Waals surface area contributed by atoms with E-state index in [1.54, 1.807) is 120 Å². The molecule has 4 unspecified atom stereocenters. The summed E-state index contributed by atoms with van der Waals surface area (Å²) in [5.41, 5.74) is 20.9. The first kappa shape index (κ1) is 101. The van der Waals surface area contributed by atoms with Crippen LogP contribution >= 0.6 is 0 Å². The molecule has 8 amide bonds. The zero-order valence-electron chi connectivity index (χ0n) is 83.6. The van der Waals surface area contributed by atoms with Gasteiger partial charge in [0.15, 0.2) is 0 Å². The molecule has 34 heteroatoms. The summed E-state index contributed by atoms with van der Waals surface area (Å²) in [4.78, 5) is 77.4. The number of hydrogen-bond donors (Lipinski definition) is 8. The summed E-state index contributed by atoms with van der Waals surface area (Å²) >= 11 is 0. The Balaban J connectivity index is 0.000000133. The Bertz CT molecular complexity index is 7440. The number of halogens is 2. The lowest BCUT2D eigenvalue weighted by atomic mass is 10.00. The van der Waals surface area contributed by atoms with E-state index in [0.29, 0.717) is 101 Å². The summed E-state index contributed by atoms with van der Waals surface area (Å²) in [6, 6.07) is 73.7. The first-order valence-corrected chi connectivity index (χ1v) is 48.6. The largest absolute Gasteiger partial charge is 0.380 e. The van der Waals surface area contributed by atoms with Gasteiger partial charge in [0.2, 0.25) is 5.56 Å². The van der Waals surface area contributed by atoms with E-state index < -0.39 is 17.9 Å². The third kappa shape index (κ3) is 24.4. The Labute approximate surface area is 844 Å². The fourth-order valence-electron chi connectivity index (χ4n) is 18.2. The number of aromatic nitrogens is 14. The van der Waals surface area contributed by atoms with Crippen LogP contribution in [0.2, 0.25) is 0 Å². The Morgan fingerprint density at radius 1 is 0.377 bits per heavy atom. The molecule has 0 aliphatic heterocycles. The molecule has 32 nitrogen and oxygen atoms in total. The number of rotatable bonds is 32. The third-order valence-corrected chi connectivity index (χ3v) is 26.3. The minimum Gasteiger partial charge on any atom is -0.380 e. The summed E-state index contributed by atoms with van der Waals surface area (Å²) in [6.07, 6.45) is 17.1. The molecule has 0 spiro atoms. The van der Waals surface area contributed by atoms with Gasteiger partial charge >= 0.3 is 24.1 Å². The number of carbonyl (C=O) groups excluding carboxylic acids is 4. The van der Waals surface area contributed by atoms with Crippen molar-refractivity contribution in [3.63, 3.8) is 0 Å². The van der Waals surface area contributed by atoms with Crippen molar-refractivity contribution in [1.82, 2.24) is 89.1 Å². The maximum Gasteiger partial charge on any atom is 0.320 e. The van der Waals surface area contributed by atoms with Gasteiger partial charge in [-0.1, -0.05) is 164 Å². The van der Waals surface area contributed by atoms with Gasteiger partial charge in [-0.3, -0.25) is 40.2 Å². The lowest BCUT2D eigenvalue weighted by Gasteiger charge is -2.20. The fraction of sp³-hybridized carbons (Fsp3) is 0.286. The van der Waals surface area contributed by atoms with Crippen LogP contribution in [0.25, 0.3) is 67.8 Å². The van der Waals surface area contributed by atoms with Crippen LogP contribution in [0.1, 0.15) is 141 Å². The molecule has 4 fully saturated rings. The quantitative estimate of drug-likeness (QED) is 0.0194. The van der Waals surface area contributed by atoms with Crippen molar-refractivity contribution >= 4 is 47.4 Å². The number of alkyl halides is 2. The van der Waals surface area contributed by atoms with Crippen LogP contribution in [-0.4, -0.2) is 126 Å². The van der Waals surface area contributed by atoms with Crippen LogP contribution in [0.3, 0.4) is 0 Å². The molecule has 146 heavy (non-hydrogen) atoms. The van der Waals surface area contributed by atoms with Gasteiger partial charge in [-0.2, -0.15) is 30.6 Å². The SMILES string of the molecule is COCc1ccc(C2CC2(F)F)c(CNC(=O)Nc2c(C)c(-c3cnn(C)c3)nn2-c2ccccc2)c1.COCc1cccc(C(NC(=O)Nc2c(C)c(-c3ccc(=O)n(C)c3)nn2-c2ccccc2)C2CC2)c1.COCc1cccc(C(NC(=O)Nc2c(C)c(-c3ccn(C)c(=O)c3)nn2-c2ccccc2)C2CC2)c1.COCc1cccc(C(NC(=O)Nc2c(C)c(-c3cnn(C)c3)nn2-c2ccccc2)C2CC2)c1. The number of para-hydroxylation sites is 4. The number of carbonyl (C=O) groups is 4. The summed E-state index contributed by atoms with van der Waals surface area (Å²) in [5, 5.41) is 52.4. The number of amides is 8. The maximum absolute atomic E-state index is 13.9. The number of nitrogens with one attached hydrogen (secondary N) is 8. The lowest BCUT2D eigenvalue weighted by molar-refractivity contribution is 0.112. The van der Waals surface area contributed by atoms with Gasteiger partial charge in [0.1, 0.15) is 34.7 Å². The first-order valence-electron chi connectivity index (χ1n) is 48.6. The van der Waals surface area contributed by atoms with E-state index in [9.17, 15) is 37.5 Å². The average Bonchev–Trinajstić information content (AvgIpc) is 1.59. The van der Waals surface area contributed by atoms with Crippen molar-refractivity contribution in [3.05, 3.63) is 367 Å². The Morgan fingerprint density at radius 3 is 1.04 bits per heavy atom. The van der Waals surface area contributed by atoms with Crippen LogP contribution in [0.15, 0.2) is 283 Å². The molecule has 4 saturated carbocycles. The average molecular weight is 1970 g/mol. The molecule has 4 aliphatic rings. The number of methoxy groups -OCH3 is 4. The molecule has 4 aliphatic carbocycles. The number of urea groups is 4. The molecule has 8 aromatic carbocycles. The van der Waals surface area contributed by atoms with Crippen LogP contribution < -0.4 is 53.7 Å². The highest BCUT2D eigenvalue weighted by molar-refractivity contribution is 5.94. The maximum atomic E-state index is 13.9. The van der Waals surface area contributed by atoms with Crippen molar-refractivity contribution in [3.8, 4) is 67.8 Å². The van der Waals surface area contributed by atoms with Gasteiger partial charge in [-0.15, -0.1) is 0 Å². The summed E-state index contributed by atoms with van der Waals surface area (Å²) in [7, 11) is 13.7. The van der Waals surface area contributed by atoms with Gasteiger partial charge < -0.3 is 49.3 Å². The van der Waals surface area contributed by atoms with Crippen molar-refractivity contribution in [2.24, 2.45) is 45.9 Å². The van der Waals surface area contributed by atoms with E-state index in [1.807, 2.05) is 224 Å². The molecule has 16 aromatic rings. The molecular formula is C112H120F2N22O10. The van der Waals surface area contributed by atoms with Crippen LogP contribution in [0.5, 0.6) is 0 Å². The lowest BCUT2D eigenvalue weighted by Crippen LogP contribution is -2.34. The fourth-order valence-corrected chi connectivity index (χ4v) is 18.2. The van der Waals surface area contributed by atoms with E-state index in [2.05, 4.69) is 89.1 Å². The first-order chi connectivity index (χ1) is 70.7. The van der Waals surface area contributed by atoms with E-state index in [1.165, 1.54) is 15.2 Å². The Kier molecular flexibility index (Phi) is 31.6. The van der Waals surface area contributed by atoms with E-state index >= 15 is 0 Å². The molecular weight excluding hydrogens is 1850 g/mol. The zero-order valence-corrected chi connectivity index (χ0v) is 83.6. The molecule has 8 aromatic heterocycles. The van der Waals surface area contributed by atoms with Crippen molar-refractivity contribution in [2.75, 3.05) is 49.7 Å². The van der Waals surface area contributed by atoms with Gasteiger partial charge in [-0.25, -0.2) is 46.7 Å². The normalized spacial score (nSPS) is 14.4. The van der Waals surface area contributed by atoms with Gasteiger partial charge in [0, 0.05) is 151 Å². The molecule has 752 valence electrons. The zero-order chi connectivity index (χ0) is 102. The van der Waals surface area contributed by atoms with Gasteiger partial charge in [0.25, 0.3) is 11.5 Å². The highest BCUT2D eigenvalue weighted by atomic mass is 19.3. The number of ether oxygens (including phenoxy) is 4. The van der Waals surface area contributed by atoms with Crippen LogP contribution in [-0.2, 0) is 80.1 Å². The number of nitrogens with zero attached hydrogens (tertiary/aromatic N) is 14. The third-order valence-electron chi connectivity index (χ3n) is 26.3. The monoisotopic (exact) mass is 1970 g/mol. The highest BCUT2D eigenvalue weighted by Gasteiger charge is 2.58. The topological polar surface area (TPSA) is 352 Å². The molecule has 20 rings (SSSR count). The second-order valence-corrected chi connectivity index (χ2v) is 37.4. The Morgan fingerprint density at radius 2 is 0.719 bits per heavy atom. The predicted octanol–water partition coefficient (Wildman–Crippen LogP) is 20.1. The highest BCUT2D eigenvalue weighted by Crippen LogP contribution is 2.57. The Hall–Kier alpha value is -16.3. The van der Waals surface area contributed by atoms with E-state index in [0.717, 1.165) is 145 Å². The molecule has 8 heterocycles.